The van der Waals surface area contributed by atoms with Crippen LogP contribution in [0.2, 0.25) is 0 Å². The second-order valence-corrected chi connectivity index (χ2v) is 4.41. The van der Waals surface area contributed by atoms with E-state index in [1.165, 1.54) is 0 Å². The standard InChI is InChI=1S/C14H24N2O2/c1-16(2)11-6-9-15-10-12-18-14-8-5-4-7-13(14)17-3/h4-5,7-8,15H,6,9-12H2,1-3H3. The molecule has 0 amide bonds. The van der Waals surface area contributed by atoms with Crippen molar-refractivity contribution in [1.82, 2.24) is 10.2 Å². The molecule has 0 spiro atoms. The smallest absolute Gasteiger partial charge is 0.161 e. The second kappa shape index (κ2) is 8.78. The van der Waals surface area contributed by atoms with Crippen molar-refractivity contribution >= 4 is 0 Å². The fourth-order valence-corrected chi connectivity index (χ4v) is 1.62. The Morgan fingerprint density at radius 1 is 1.11 bits per heavy atom. The van der Waals surface area contributed by atoms with Gasteiger partial charge in [0.25, 0.3) is 0 Å². The van der Waals surface area contributed by atoms with Gasteiger partial charge in [-0.3, -0.25) is 0 Å². The summed E-state index contributed by atoms with van der Waals surface area (Å²) in [6, 6.07) is 7.71. The molecule has 0 aromatic heterocycles. The van der Waals surface area contributed by atoms with E-state index >= 15 is 0 Å². The van der Waals surface area contributed by atoms with Gasteiger partial charge in [0.15, 0.2) is 11.5 Å². The van der Waals surface area contributed by atoms with Crippen molar-refractivity contribution in [3.8, 4) is 11.5 Å². The molecule has 0 fully saturated rings. The zero-order valence-electron chi connectivity index (χ0n) is 11.6. The molecule has 4 heteroatoms. The molecule has 4 nitrogen and oxygen atoms in total. The fourth-order valence-electron chi connectivity index (χ4n) is 1.62. The summed E-state index contributed by atoms with van der Waals surface area (Å²) in [7, 11) is 5.83. The lowest BCUT2D eigenvalue weighted by Gasteiger charge is -2.12. The van der Waals surface area contributed by atoms with Crippen molar-refractivity contribution in [2.75, 3.05) is 47.4 Å². The third kappa shape index (κ3) is 5.89. The molecule has 0 saturated carbocycles. The first-order valence-corrected chi connectivity index (χ1v) is 6.35. The highest BCUT2D eigenvalue weighted by molar-refractivity contribution is 5.39. The number of para-hydroxylation sites is 2. The number of nitrogens with zero attached hydrogens (tertiary/aromatic N) is 1. The van der Waals surface area contributed by atoms with Crippen LogP contribution in [0.1, 0.15) is 6.42 Å². The van der Waals surface area contributed by atoms with Crippen molar-refractivity contribution in [3.05, 3.63) is 24.3 Å². The molecule has 1 aromatic rings. The first kappa shape index (κ1) is 14.8. The number of benzene rings is 1. The Kier molecular flexibility index (Phi) is 7.22. The van der Waals surface area contributed by atoms with E-state index in [1.807, 2.05) is 24.3 Å². The molecule has 0 radical (unpaired) electrons. The third-order valence-electron chi connectivity index (χ3n) is 2.56. The zero-order valence-corrected chi connectivity index (χ0v) is 11.6. The van der Waals surface area contributed by atoms with E-state index in [0.717, 1.165) is 37.6 Å². The van der Waals surface area contributed by atoms with E-state index in [0.29, 0.717) is 6.61 Å². The molecule has 102 valence electrons. The minimum atomic E-state index is 0.655. The SMILES string of the molecule is COc1ccccc1OCCNCCCN(C)C. The Labute approximate surface area is 110 Å². The number of hydrogen-bond donors (Lipinski definition) is 1. The number of rotatable bonds is 9. The predicted octanol–water partition coefficient (Wildman–Crippen LogP) is 1.62. The molecule has 0 unspecified atom stereocenters. The quantitative estimate of drug-likeness (QED) is 0.677. The maximum absolute atomic E-state index is 5.66. The maximum Gasteiger partial charge on any atom is 0.161 e. The Morgan fingerprint density at radius 3 is 2.50 bits per heavy atom. The Bertz CT molecular complexity index is 329. The van der Waals surface area contributed by atoms with Gasteiger partial charge in [0.2, 0.25) is 0 Å². The fraction of sp³-hybridized carbons (Fsp3) is 0.571. The summed E-state index contributed by atoms with van der Waals surface area (Å²) in [4.78, 5) is 2.19. The van der Waals surface area contributed by atoms with Gasteiger partial charge in [-0.25, -0.2) is 0 Å². The average Bonchev–Trinajstić information content (AvgIpc) is 2.37. The van der Waals surface area contributed by atoms with Crippen molar-refractivity contribution < 1.29 is 9.47 Å². The molecular weight excluding hydrogens is 228 g/mol. The van der Waals surface area contributed by atoms with Gasteiger partial charge in [-0.15, -0.1) is 0 Å². The van der Waals surface area contributed by atoms with E-state index in [4.69, 9.17) is 9.47 Å². The van der Waals surface area contributed by atoms with Crippen LogP contribution < -0.4 is 14.8 Å². The summed E-state index contributed by atoms with van der Waals surface area (Å²) in [6.07, 6.45) is 1.15. The van der Waals surface area contributed by atoms with Crippen molar-refractivity contribution in [3.63, 3.8) is 0 Å². The summed E-state index contributed by atoms with van der Waals surface area (Å²) in [5.41, 5.74) is 0. The summed E-state index contributed by atoms with van der Waals surface area (Å²) >= 11 is 0. The maximum atomic E-state index is 5.66. The first-order valence-electron chi connectivity index (χ1n) is 6.35. The summed E-state index contributed by atoms with van der Waals surface area (Å²) in [5, 5.41) is 3.36. The van der Waals surface area contributed by atoms with Gasteiger partial charge in [-0.05, 0) is 45.7 Å². The molecule has 0 heterocycles. The van der Waals surface area contributed by atoms with Crippen LogP contribution in [0.25, 0.3) is 0 Å². The first-order chi connectivity index (χ1) is 8.74. The minimum absolute atomic E-state index is 0.655. The van der Waals surface area contributed by atoms with Gasteiger partial charge in [0, 0.05) is 6.54 Å². The monoisotopic (exact) mass is 252 g/mol. The number of nitrogens with one attached hydrogen (secondary N) is 1. The van der Waals surface area contributed by atoms with Crippen LogP contribution in [0.15, 0.2) is 24.3 Å². The van der Waals surface area contributed by atoms with E-state index in [-0.39, 0.29) is 0 Å². The lowest BCUT2D eigenvalue weighted by atomic mass is 10.3. The highest BCUT2D eigenvalue weighted by Crippen LogP contribution is 2.25. The van der Waals surface area contributed by atoms with Gasteiger partial charge in [0.05, 0.1) is 7.11 Å². The molecule has 0 aliphatic rings. The van der Waals surface area contributed by atoms with Gasteiger partial charge in [-0.1, -0.05) is 12.1 Å². The average molecular weight is 252 g/mol. The van der Waals surface area contributed by atoms with Crippen molar-refractivity contribution in [2.24, 2.45) is 0 Å². The van der Waals surface area contributed by atoms with Crippen LogP contribution in [-0.4, -0.2) is 52.3 Å². The van der Waals surface area contributed by atoms with Gasteiger partial charge in [-0.2, -0.15) is 0 Å². The number of methoxy groups -OCH3 is 1. The summed E-state index contributed by atoms with van der Waals surface area (Å²) in [6.45, 7) is 3.64. The second-order valence-electron chi connectivity index (χ2n) is 4.41. The Hall–Kier alpha value is -1.26. The van der Waals surface area contributed by atoms with Crippen LogP contribution in [0, 0.1) is 0 Å². The lowest BCUT2D eigenvalue weighted by molar-refractivity contribution is 0.291. The molecule has 1 aromatic carbocycles. The molecule has 0 aliphatic heterocycles. The van der Waals surface area contributed by atoms with Crippen LogP contribution >= 0.6 is 0 Å². The van der Waals surface area contributed by atoms with Gasteiger partial charge in [0.1, 0.15) is 6.61 Å². The lowest BCUT2D eigenvalue weighted by Crippen LogP contribution is -2.25. The topological polar surface area (TPSA) is 33.7 Å². The molecule has 0 saturated heterocycles. The van der Waals surface area contributed by atoms with Crippen LogP contribution in [0.4, 0.5) is 0 Å². The van der Waals surface area contributed by atoms with E-state index in [2.05, 4.69) is 24.3 Å². The van der Waals surface area contributed by atoms with Gasteiger partial charge >= 0.3 is 0 Å². The van der Waals surface area contributed by atoms with Crippen molar-refractivity contribution in [2.45, 2.75) is 6.42 Å². The predicted molar refractivity (Wildman–Crippen MR) is 74.5 cm³/mol. The largest absolute Gasteiger partial charge is 0.493 e. The molecule has 0 aliphatic carbocycles. The molecule has 1 rings (SSSR count). The Balaban J connectivity index is 2.10. The van der Waals surface area contributed by atoms with E-state index in [9.17, 15) is 0 Å². The summed E-state index contributed by atoms with van der Waals surface area (Å²) < 4.78 is 10.9. The van der Waals surface area contributed by atoms with Crippen LogP contribution in [0.3, 0.4) is 0 Å². The van der Waals surface area contributed by atoms with Crippen LogP contribution in [-0.2, 0) is 0 Å². The molecule has 1 N–H and O–H groups in total. The van der Waals surface area contributed by atoms with E-state index < -0.39 is 0 Å². The number of hydrogen-bond acceptors (Lipinski definition) is 4. The molecule has 18 heavy (non-hydrogen) atoms. The van der Waals surface area contributed by atoms with Gasteiger partial charge < -0.3 is 19.7 Å². The molecule has 0 atom stereocenters. The summed E-state index contributed by atoms with van der Waals surface area (Å²) in [5.74, 6) is 1.58. The molecule has 0 bridgehead atoms. The number of ether oxygens (including phenoxy) is 2. The zero-order chi connectivity index (χ0) is 13.2. The van der Waals surface area contributed by atoms with Crippen LogP contribution in [0.5, 0.6) is 11.5 Å². The Morgan fingerprint density at radius 2 is 1.83 bits per heavy atom. The highest BCUT2D eigenvalue weighted by Gasteiger charge is 2.01. The van der Waals surface area contributed by atoms with Crippen molar-refractivity contribution in [1.29, 1.82) is 0 Å². The minimum Gasteiger partial charge on any atom is -0.493 e. The normalized spacial score (nSPS) is 10.7. The van der Waals surface area contributed by atoms with E-state index in [1.54, 1.807) is 7.11 Å². The third-order valence-corrected chi connectivity index (χ3v) is 2.56. The highest BCUT2D eigenvalue weighted by atomic mass is 16.5. The molecular formula is C14H24N2O2.